The standard InChI is InChI=1S/C47H57N9O6S/c1-30-24-39(53-46(50-30)52-36-18-16-35(17-19-36)51-41(59)25-32-10-8-7-9-11-32)55(6)21-23-62-22-20-40(58)54-43(47(3,4)5)45(61)56-28-37(57)26-38(56)44(60)48-27-33-12-14-34(15-13-33)42-31(2)49-29-63-42/h7-19,24,29,37-38,43,57H,20-23,25-28H2,1-6H3,(H,48,60)(H,51,59)(H,54,58)(H,50,52,53)/t37-,38+,43-/m1/s1. The Bertz CT molecular complexity index is 2330. The van der Waals surface area contributed by atoms with Crippen LogP contribution >= 0.6 is 11.3 Å². The second kappa shape index (κ2) is 21.2. The molecule has 1 saturated heterocycles. The Morgan fingerprint density at radius 1 is 0.921 bits per heavy atom. The maximum absolute atomic E-state index is 14.0. The van der Waals surface area contributed by atoms with Crippen molar-refractivity contribution in [1.29, 1.82) is 0 Å². The summed E-state index contributed by atoms with van der Waals surface area (Å²) in [6.07, 6.45) is -0.452. The van der Waals surface area contributed by atoms with Gasteiger partial charge in [-0.1, -0.05) is 75.4 Å². The first-order valence-electron chi connectivity index (χ1n) is 21.0. The fourth-order valence-corrected chi connectivity index (χ4v) is 7.96. The molecule has 1 aliphatic rings. The van der Waals surface area contributed by atoms with Crippen molar-refractivity contribution in [2.24, 2.45) is 5.41 Å². The number of hydrogen-bond donors (Lipinski definition) is 5. The minimum absolute atomic E-state index is 0.00773. The van der Waals surface area contributed by atoms with Crippen molar-refractivity contribution in [1.82, 2.24) is 30.5 Å². The number of likely N-dealkylation sites (N-methyl/N-ethyl adjacent to an activating group) is 1. The summed E-state index contributed by atoms with van der Waals surface area (Å²) in [6, 6.07) is 24.8. The van der Waals surface area contributed by atoms with Crippen LogP contribution < -0.4 is 26.2 Å². The van der Waals surface area contributed by atoms with Gasteiger partial charge in [-0.3, -0.25) is 19.2 Å². The quantitative estimate of drug-likeness (QED) is 0.0670. The lowest BCUT2D eigenvalue weighted by Gasteiger charge is -2.35. The number of nitrogens with zero attached hydrogens (tertiary/aromatic N) is 5. The molecule has 0 saturated carbocycles. The largest absolute Gasteiger partial charge is 0.391 e. The van der Waals surface area contributed by atoms with Crippen LogP contribution in [0.5, 0.6) is 0 Å². The molecule has 332 valence electrons. The van der Waals surface area contributed by atoms with E-state index in [0.717, 1.165) is 38.6 Å². The van der Waals surface area contributed by atoms with Crippen molar-refractivity contribution in [2.75, 3.05) is 48.9 Å². The fraction of sp³-hybridized carbons (Fsp3) is 0.383. The summed E-state index contributed by atoms with van der Waals surface area (Å²) in [4.78, 5) is 71.1. The SMILES string of the molecule is Cc1cc(N(C)CCOCCC(=O)N[C@H](C(=O)N2C[C@H](O)C[C@H]2C(=O)NCc2ccc(-c3scnc3C)cc2)C(C)(C)C)nc(Nc2ccc(NC(=O)Cc3ccccc3)cc2)n1. The van der Waals surface area contributed by atoms with E-state index < -0.39 is 29.5 Å². The number of carbonyl (C=O) groups is 4. The fourth-order valence-electron chi connectivity index (χ4n) is 7.15. The topological polar surface area (TPSA) is 191 Å². The third-order valence-electron chi connectivity index (χ3n) is 10.6. The second-order valence-corrected chi connectivity index (χ2v) is 17.7. The predicted molar refractivity (Wildman–Crippen MR) is 246 cm³/mol. The Morgan fingerprint density at radius 2 is 1.63 bits per heavy atom. The van der Waals surface area contributed by atoms with E-state index in [-0.39, 0.29) is 50.3 Å². The van der Waals surface area contributed by atoms with Crippen LogP contribution in [0.2, 0.25) is 0 Å². The summed E-state index contributed by atoms with van der Waals surface area (Å²) >= 11 is 1.57. The van der Waals surface area contributed by atoms with Gasteiger partial charge < -0.3 is 40.9 Å². The molecule has 0 radical (unpaired) electrons. The van der Waals surface area contributed by atoms with E-state index in [4.69, 9.17) is 4.74 Å². The van der Waals surface area contributed by atoms with Crippen LogP contribution in [0, 0.1) is 19.3 Å². The summed E-state index contributed by atoms with van der Waals surface area (Å²) in [5.41, 5.74) is 7.19. The van der Waals surface area contributed by atoms with Gasteiger partial charge in [-0.25, -0.2) is 9.97 Å². The Morgan fingerprint density at radius 3 is 2.32 bits per heavy atom. The Hall–Kier alpha value is -6.23. The van der Waals surface area contributed by atoms with E-state index in [2.05, 4.69) is 36.2 Å². The van der Waals surface area contributed by atoms with Gasteiger partial charge in [0.25, 0.3) is 0 Å². The molecule has 6 rings (SSSR count). The van der Waals surface area contributed by atoms with Crippen LogP contribution in [0.15, 0.2) is 90.4 Å². The zero-order valence-corrected chi connectivity index (χ0v) is 37.5. The lowest BCUT2D eigenvalue weighted by Crippen LogP contribution is -2.57. The molecule has 0 aliphatic carbocycles. The average Bonchev–Trinajstić information content (AvgIpc) is 3.87. The first kappa shape index (κ1) is 46.3. The van der Waals surface area contributed by atoms with Gasteiger partial charge in [0.1, 0.15) is 17.9 Å². The minimum Gasteiger partial charge on any atom is -0.391 e. The van der Waals surface area contributed by atoms with Crippen molar-refractivity contribution in [3.8, 4) is 10.4 Å². The number of rotatable bonds is 18. The van der Waals surface area contributed by atoms with E-state index in [1.54, 1.807) is 11.3 Å². The maximum Gasteiger partial charge on any atom is 0.246 e. The molecule has 3 aromatic carbocycles. The zero-order valence-electron chi connectivity index (χ0n) is 36.7. The molecule has 3 heterocycles. The highest BCUT2D eigenvalue weighted by atomic mass is 32.1. The van der Waals surface area contributed by atoms with Crippen LogP contribution in [-0.4, -0.2) is 100 Å². The number of ether oxygens (including phenoxy) is 1. The molecule has 16 heteroatoms. The molecule has 1 aliphatic heterocycles. The number of aryl methyl sites for hydroxylation is 2. The van der Waals surface area contributed by atoms with Gasteiger partial charge in [-0.15, -0.1) is 11.3 Å². The highest BCUT2D eigenvalue weighted by molar-refractivity contribution is 7.13. The Balaban J connectivity index is 0.940. The molecule has 2 aromatic heterocycles. The number of amides is 4. The van der Waals surface area contributed by atoms with E-state index >= 15 is 0 Å². The van der Waals surface area contributed by atoms with E-state index in [0.29, 0.717) is 37.0 Å². The first-order valence-corrected chi connectivity index (χ1v) is 21.9. The molecule has 5 aromatic rings. The lowest BCUT2D eigenvalue weighted by atomic mass is 9.85. The number of carbonyl (C=O) groups excluding carboxylic acids is 4. The Kier molecular flexibility index (Phi) is 15.6. The van der Waals surface area contributed by atoms with Crippen molar-refractivity contribution >= 4 is 58.1 Å². The monoisotopic (exact) mass is 875 g/mol. The summed E-state index contributed by atoms with van der Waals surface area (Å²) in [5.74, 6) is -0.153. The third-order valence-corrected chi connectivity index (χ3v) is 11.6. The summed E-state index contributed by atoms with van der Waals surface area (Å²) < 4.78 is 5.83. The number of aliphatic hydroxyl groups is 1. The van der Waals surface area contributed by atoms with Gasteiger partial charge in [0.2, 0.25) is 29.6 Å². The minimum atomic E-state index is -0.938. The Labute approximate surface area is 372 Å². The lowest BCUT2D eigenvalue weighted by molar-refractivity contribution is -0.144. The number of β-amino-alcohol motifs (C(OH)–C–C–N with tert-alkyl or cyclic N) is 1. The number of nitrogens with one attached hydrogen (secondary N) is 4. The smallest absolute Gasteiger partial charge is 0.246 e. The second-order valence-electron chi connectivity index (χ2n) is 16.8. The van der Waals surface area contributed by atoms with Crippen molar-refractivity contribution in [3.63, 3.8) is 0 Å². The molecule has 15 nitrogen and oxygen atoms in total. The number of likely N-dealkylation sites (tertiary alicyclic amines) is 1. The summed E-state index contributed by atoms with van der Waals surface area (Å²) in [5, 5.41) is 22.6. The van der Waals surface area contributed by atoms with Crippen LogP contribution in [0.1, 0.15) is 56.1 Å². The van der Waals surface area contributed by atoms with Crippen LogP contribution in [0.3, 0.4) is 0 Å². The van der Waals surface area contributed by atoms with Crippen molar-refractivity contribution < 1.29 is 29.0 Å². The molecular formula is C47H57N9O6S. The molecular weight excluding hydrogens is 819 g/mol. The third kappa shape index (κ3) is 13.1. The molecule has 4 amide bonds. The highest BCUT2D eigenvalue weighted by Gasteiger charge is 2.44. The number of aliphatic hydroxyl groups excluding tert-OH is 1. The van der Waals surface area contributed by atoms with Gasteiger partial charge in [0.05, 0.1) is 41.8 Å². The van der Waals surface area contributed by atoms with Crippen molar-refractivity contribution in [3.05, 3.63) is 113 Å². The highest BCUT2D eigenvalue weighted by Crippen LogP contribution is 2.29. The zero-order chi connectivity index (χ0) is 45.1. The number of aromatic nitrogens is 3. The average molecular weight is 876 g/mol. The number of benzene rings is 3. The van der Waals surface area contributed by atoms with Crippen molar-refractivity contribution in [2.45, 2.75) is 78.6 Å². The molecule has 3 atom stereocenters. The normalized spacial score (nSPS) is 15.4. The number of thiazole rings is 1. The van der Waals surface area contributed by atoms with E-state index in [1.807, 2.05) is 137 Å². The van der Waals surface area contributed by atoms with Crippen LogP contribution in [0.25, 0.3) is 10.4 Å². The van der Waals surface area contributed by atoms with Gasteiger partial charge in [0.15, 0.2) is 0 Å². The molecule has 0 bridgehead atoms. The van der Waals surface area contributed by atoms with Gasteiger partial charge in [-0.2, -0.15) is 4.98 Å². The predicted octanol–water partition coefficient (Wildman–Crippen LogP) is 5.79. The van der Waals surface area contributed by atoms with E-state index in [9.17, 15) is 24.3 Å². The van der Waals surface area contributed by atoms with E-state index in [1.165, 1.54) is 4.90 Å². The summed E-state index contributed by atoms with van der Waals surface area (Å²) in [6.45, 7) is 10.6. The molecule has 0 spiro atoms. The maximum atomic E-state index is 14.0. The van der Waals surface area contributed by atoms with Crippen LogP contribution in [-0.2, 0) is 36.9 Å². The molecule has 1 fully saturated rings. The first-order chi connectivity index (χ1) is 30.1. The number of anilines is 4. The van der Waals surface area contributed by atoms with Gasteiger partial charge >= 0.3 is 0 Å². The number of hydrogen-bond acceptors (Lipinski definition) is 12. The van der Waals surface area contributed by atoms with Gasteiger partial charge in [-0.05, 0) is 60.2 Å². The van der Waals surface area contributed by atoms with Gasteiger partial charge in [0, 0.05) is 62.7 Å². The molecule has 63 heavy (non-hydrogen) atoms. The summed E-state index contributed by atoms with van der Waals surface area (Å²) in [7, 11) is 1.89. The molecule has 0 unspecified atom stereocenters. The molecule has 5 N–H and O–H groups in total. The van der Waals surface area contributed by atoms with Crippen LogP contribution in [0.4, 0.5) is 23.1 Å².